The molecule has 7 nitrogen and oxygen atoms in total. The number of thiazole rings is 1. The topological polar surface area (TPSA) is 87.2 Å². The fourth-order valence-corrected chi connectivity index (χ4v) is 6.82. The number of hydrogen-bond acceptors (Lipinski definition) is 7. The van der Waals surface area contributed by atoms with Crippen molar-refractivity contribution in [1.82, 2.24) is 19.6 Å². The van der Waals surface area contributed by atoms with Gasteiger partial charge in [-0.1, -0.05) is 12.1 Å². The van der Waals surface area contributed by atoms with Gasteiger partial charge in [-0.3, -0.25) is 0 Å². The maximum Gasteiger partial charge on any atom is 0.417 e. The van der Waals surface area contributed by atoms with Gasteiger partial charge in [-0.05, 0) is 37.1 Å². The standard InChI is InChI=1S/C23H24F3N5O2S2.ClH/c24-23(25,26)16-3-6-21(28-13-16)29-17-8-11-31(12-9-17)35(32,33)18-4-1-15(2-5-18)22-30-19-7-10-27-14-20(19)34-22;/h1-6,13,17,27H,7-12,14H2,(H,28,29);1H. The highest BCUT2D eigenvalue weighted by Crippen LogP contribution is 2.32. The number of aromatic nitrogens is 2. The molecule has 0 spiro atoms. The highest BCUT2D eigenvalue weighted by Gasteiger charge is 2.32. The summed E-state index contributed by atoms with van der Waals surface area (Å²) in [7, 11) is -3.64. The van der Waals surface area contributed by atoms with E-state index in [9.17, 15) is 21.6 Å². The van der Waals surface area contributed by atoms with E-state index < -0.39 is 21.8 Å². The second-order valence-electron chi connectivity index (χ2n) is 8.59. The predicted molar refractivity (Wildman–Crippen MR) is 135 cm³/mol. The molecular weight excluding hydrogens is 535 g/mol. The van der Waals surface area contributed by atoms with E-state index in [-0.39, 0.29) is 23.3 Å². The summed E-state index contributed by atoms with van der Waals surface area (Å²) in [5.74, 6) is 0.342. The zero-order chi connectivity index (χ0) is 24.6. The van der Waals surface area contributed by atoms with Crippen LogP contribution in [0.2, 0.25) is 0 Å². The molecule has 13 heteroatoms. The van der Waals surface area contributed by atoms with Gasteiger partial charge in [-0.2, -0.15) is 17.5 Å². The molecule has 5 rings (SSSR count). The second kappa shape index (κ2) is 10.6. The quantitative estimate of drug-likeness (QED) is 0.477. The smallest absolute Gasteiger partial charge is 0.367 e. The van der Waals surface area contributed by atoms with Gasteiger partial charge in [-0.25, -0.2) is 18.4 Å². The number of nitrogens with zero attached hydrogens (tertiary/aromatic N) is 3. The van der Waals surface area contributed by atoms with E-state index in [1.165, 1.54) is 15.2 Å². The number of fused-ring (bicyclic) bond motifs is 1. The molecule has 0 radical (unpaired) electrons. The lowest BCUT2D eigenvalue weighted by Crippen LogP contribution is -2.42. The van der Waals surface area contributed by atoms with Crippen LogP contribution < -0.4 is 10.6 Å². The van der Waals surface area contributed by atoms with Crippen molar-refractivity contribution in [3.63, 3.8) is 0 Å². The van der Waals surface area contributed by atoms with Crippen LogP contribution in [-0.2, 0) is 29.2 Å². The fraction of sp³-hybridized carbons (Fsp3) is 0.391. The van der Waals surface area contributed by atoms with Crippen molar-refractivity contribution < 1.29 is 21.6 Å². The van der Waals surface area contributed by atoms with Crippen molar-refractivity contribution in [1.29, 1.82) is 0 Å². The Balaban J connectivity index is 0.00000304. The lowest BCUT2D eigenvalue weighted by molar-refractivity contribution is -0.137. The van der Waals surface area contributed by atoms with Crippen molar-refractivity contribution >= 4 is 39.6 Å². The summed E-state index contributed by atoms with van der Waals surface area (Å²) in [6, 6.07) is 9.06. The van der Waals surface area contributed by atoms with Gasteiger partial charge in [-0.15, -0.1) is 23.7 Å². The summed E-state index contributed by atoms with van der Waals surface area (Å²) < 4.78 is 65.9. The number of halogens is 4. The minimum Gasteiger partial charge on any atom is -0.367 e. The summed E-state index contributed by atoms with van der Waals surface area (Å²) >= 11 is 1.63. The first-order valence-electron chi connectivity index (χ1n) is 11.3. The monoisotopic (exact) mass is 559 g/mol. The molecule has 1 saturated heterocycles. The number of sulfonamides is 1. The normalized spacial score (nSPS) is 17.3. The molecule has 194 valence electrons. The number of alkyl halides is 3. The van der Waals surface area contributed by atoms with Crippen LogP contribution in [0.1, 0.15) is 29.0 Å². The summed E-state index contributed by atoms with van der Waals surface area (Å²) in [6.45, 7) is 2.36. The predicted octanol–water partition coefficient (Wildman–Crippen LogP) is 4.56. The van der Waals surface area contributed by atoms with E-state index in [0.29, 0.717) is 31.7 Å². The zero-order valence-electron chi connectivity index (χ0n) is 19.1. The molecule has 0 saturated carbocycles. The first-order chi connectivity index (χ1) is 16.7. The van der Waals surface area contributed by atoms with Crippen LogP contribution in [0.15, 0.2) is 47.5 Å². The lowest BCUT2D eigenvalue weighted by Gasteiger charge is -2.32. The first-order valence-corrected chi connectivity index (χ1v) is 13.6. The van der Waals surface area contributed by atoms with Crippen molar-refractivity contribution in [2.75, 3.05) is 25.0 Å². The molecule has 2 aromatic heterocycles. The van der Waals surface area contributed by atoms with E-state index in [0.717, 1.165) is 48.0 Å². The van der Waals surface area contributed by atoms with E-state index in [4.69, 9.17) is 4.98 Å². The van der Waals surface area contributed by atoms with E-state index in [2.05, 4.69) is 15.6 Å². The van der Waals surface area contributed by atoms with Gasteiger partial charge < -0.3 is 10.6 Å². The minimum atomic E-state index is -4.43. The number of hydrogen-bond donors (Lipinski definition) is 2. The van der Waals surface area contributed by atoms with Crippen LogP contribution in [-0.4, -0.2) is 48.4 Å². The van der Waals surface area contributed by atoms with Gasteiger partial charge in [0.05, 0.1) is 16.2 Å². The third-order valence-electron chi connectivity index (χ3n) is 6.24. The van der Waals surface area contributed by atoms with Crippen LogP contribution in [0.25, 0.3) is 10.6 Å². The van der Waals surface area contributed by atoms with E-state index in [1.807, 2.05) is 0 Å². The Morgan fingerprint density at radius 2 is 1.81 bits per heavy atom. The first kappa shape index (κ1) is 26.8. The number of nitrogens with one attached hydrogen (secondary N) is 2. The van der Waals surface area contributed by atoms with Gasteiger partial charge in [0.25, 0.3) is 0 Å². The molecule has 0 amide bonds. The van der Waals surface area contributed by atoms with Crippen molar-refractivity contribution in [3.8, 4) is 10.6 Å². The number of rotatable bonds is 5. The Labute approximate surface area is 217 Å². The van der Waals surface area contributed by atoms with Crippen molar-refractivity contribution in [2.24, 2.45) is 0 Å². The van der Waals surface area contributed by atoms with Crippen LogP contribution in [0, 0.1) is 0 Å². The van der Waals surface area contributed by atoms with E-state index in [1.54, 1.807) is 35.6 Å². The van der Waals surface area contributed by atoms with E-state index >= 15 is 0 Å². The maximum atomic E-state index is 13.2. The number of piperidine rings is 1. The molecule has 2 N–H and O–H groups in total. The number of pyridine rings is 1. The van der Waals surface area contributed by atoms with Gasteiger partial charge in [0.2, 0.25) is 10.0 Å². The number of benzene rings is 1. The molecule has 1 aromatic carbocycles. The summed E-state index contributed by atoms with van der Waals surface area (Å²) in [5.41, 5.74) is 1.21. The highest BCUT2D eigenvalue weighted by molar-refractivity contribution is 7.89. The molecular formula is C23H25ClF3N5O2S2. The average Bonchev–Trinajstić information content (AvgIpc) is 3.29. The van der Waals surface area contributed by atoms with Crippen LogP contribution in [0.4, 0.5) is 19.0 Å². The van der Waals surface area contributed by atoms with Gasteiger partial charge in [0, 0.05) is 55.3 Å². The second-order valence-corrected chi connectivity index (χ2v) is 11.6. The third-order valence-corrected chi connectivity index (χ3v) is 9.30. The van der Waals surface area contributed by atoms with Crippen molar-refractivity contribution in [2.45, 2.75) is 42.9 Å². The molecule has 0 bridgehead atoms. The number of anilines is 1. The van der Waals surface area contributed by atoms with Gasteiger partial charge >= 0.3 is 6.18 Å². The summed E-state index contributed by atoms with van der Waals surface area (Å²) in [4.78, 5) is 10.0. The molecule has 4 heterocycles. The molecule has 36 heavy (non-hydrogen) atoms. The summed E-state index contributed by atoms with van der Waals surface area (Å²) in [6.07, 6.45) is -1.68. The Bertz CT molecular complexity index is 1270. The Kier molecular flexibility index (Phi) is 7.91. The Morgan fingerprint density at radius 1 is 1.08 bits per heavy atom. The molecule has 0 unspecified atom stereocenters. The largest absolute Gasteiger partial charge is 0.417 e. The molecule has 1 fully saturated rings. The highest BCUT2D eigenvalue weighted by atomic mass is 35.5. The molecule has 3 aromatic rings. The summed E-state index contributed by atoms with van der Waals surface area (Å²) in [5, 5.41) is 7.33. The minimum absolute atomic E-state index is 0. The molecule has 2 aliphatic heterocycles. The third kappa shape index (κ3) is 5.67. The molecule has 0 atom stereocenters. The average molecular weight is 560 g/mol. The molecule has 2 aliphatic rings. The molecule has 0 aliphatic carbocycles. The van der Waals surface area contributed by atoms with Gasteiger partial charge in [0.15, 0.2) is 0 Å². The zero-order valence-corrected chi connectivity index (χ0v) is 21.5. The fourth-order valence-electron chi connectivity index (χ4n) is 4.26. The van der Waals surface area contributed by atoms with Gasteiger partial charge in [0.1, 0.15) is 10.8 Å². The SMILES string of the molecule is Cl.O=S(=O)(c1ccc(-c2nc3c(s2)CNCC3)cc1)N1CCC(Nc2ccc(C(F)(F)F)cn2)CC1. The maximum absolute atomic E-state index is 13.2. The van der Waals surface area contributed by atoms with Crippen LogP contribution in [0.3, 0.4) is 0 Å². The Hall–Kier alpha value is -2.25. The van der Waals surface area contributed by atoms with Crippen molar-refractivity contribution in [3.05, 3.63) is 58.7 Å². The Morgan fingerprint density at radius 3 is 2.42 bits per heavy atom. The van der Waals surface area contributed by atoms with Crippen LogP contribution >= 0.6 is 23.7 Å². The lowest BCUT2D eigenvalue weighted by atomic mass is 10.1. The van der Waals surface area contributed by atoms with Crippen LogP contribution in [0.5, 0.6) is 0 Å².